The molecule has 1 N–H and O–H groups in total. The van der Waals surface area contributed by atoms with E-state index in [1.54, 1.807) is 55.6 Å². The molecule has 0 bridgehead atoms. The predicted octanol–water partition coefficient (Wildman–Crippen LogP) is 5.48. The fourth-order valence-corrected chi connectivity index (χ4v) is 4.12. The van der Waals surface area contributed by atoms with Gasteiger partial charge in [-0.25, -0.2) is 0 Å². The Hall–Kier alpha value is -4.00. The van der Waals surface area contributed by atoms with Crippen molar-refractivity contribution in [2.75, 3.05) is 13.7 Å². The average Bonchev–Trinajstić information content (AvgIpc) is 3.50. The molecule has 4 rings (SSSR count). The Labute approximate surface area is 204 Å². The number of ether oxygens (including phenoxy) is 2. The quantitative estimate of drug-likeness (QED) is 0.181. The van der Waals surface area contributed by atoms with E-state index in [-0.39, 0.29) is 17.9 Å². The zero-order valence-electron chi connectivity index (χ0n) is 19.9. The van der Waals surface area contributed by atoms with Crippen LogP contribution in [0, 0.1) is 0 Å². The van der Waals surface area contributed by atoms with Gasteiger partial charge in [-0.3, -0.25) is 9.59 Å². The Morgan fingerprint density at radius 2 is 1.71 bits per heavy atom. The molecule has 1 fully saturated rings. The first-order valence-corrected chi connectivity index (χ1v) is 11.7. The summed E-state index contributed by atoms with van der Waals surface area (Å²) in [5.74, 6) is 0.0722. The smallest absolute Gasteiger partial charge is 0.296 e. The molecule has 0 saturated carbocycles. The highest BCUT2D eigenvalue weighted by Crippen LogP contribution is 2.40. The lowest BCUT2D eigenvalue weighted by Gasteiger charge is -2.23. The monoisotopic (exact) mass is 475 g/mol. The fourth-order valence-electron chi connectivity index (χ4n) is 4.12. The van der Waals surface area contributed by atoms with E-state index in [9.17, 15) is 14.7 Å². The number of aliphatic hydroxyl groups excluding tert-OH is 1. The summed E-state index contributed by atoms with van der Waals surface area (Å²) in [5.41, 5.74) is 1.23. The number of rotatable bonds is 10. The summed E-state index contributed by atoms with van der Waals surface area (Å²) >= 11 is 0. The Morgan fingerprint density at radius 3 is 2.34 bits per heavy atom. The highest BCUT2D eigenvalue weighted by Gasteiger charge is 2.47. The molecule has 1 aliphatic rings. The van der Waals surface area contributed by atoms with E-state index in [1.165, 1.54) is 11.2 Å². The van der Waals surface area contributed by atoms with Gasteiger partial charge in [0, 0.05) is 12.1 Å². The molecular formula is C28H29NO6. The number of carbonyl (C=O) groups is 2. The Bertz CT molecular complexity index is 1180. The number of ketones is 1. The molecule has 1 aromatic heterocycles. The third-order valence-electron chi connectivity index (χ3n) is 6.01. The first-order valence-electron chi connectivity index (χ1n) is 11.7. The van der Waals surface area contributed by atoms with Crippen LogP contribution in [0.25, 0.3) is 5.76 Å². The normalized spacial score (nSPS) is 17.1. The largest absolute Gasteiger partial charge is 0.507 e. The van der Waals surface area contributed by atoms with Crippen LogP contribution in [0.1, 0.15) is 49.1 Å². The fraction of sp³-hybridized carbons (Fsp3) is 0.286. The van der Waals surface area contributed by atoms with Gasteiger partial charge in [0.1, 0.15) is 29.1 Å². The number of hydrogen-bond donors (Lipinski definition) is 1. The van der Waals surface area contributed by atoms with Gasteiger partial charge in [0.15, 0.2) is 0 Å². The summed E-state index contributed by atoms with van der Waals surface area (Å²) < 4.78 is 16.5. The van der Waals surface area contributed by atoms with Crippen molar-refractivity contribution in [1.29, 1.82) is 0 Å². The predicted molar refractivity (Wildman–Crippen MR) is 131 cm³/mol. The molecule has 1 amide bonds. The van der Waals surface area contributed by atoms with Gasteiger partial charge in [0.2, 0.25) is 0 Å². The average molecular weight is 476 g/mol. The Kier molecular flexibility index (Phi) is 7.55. The molecule has 1 atom stereocenters. The Morgan fingerprint density at radius 1 is 1.00 bits per heavy atom. The van der Waals surface area contributed by atoms with E-state index in [4.69, 9.17) is 13.9 Å². The molecular weight excluding hydrogens is 446 g/mol. The van der Waals surface area contributed by atoms with Crippen molar-refractivity contribution < 1.29 is 28.6 Å². The number of amides is 1. The van der Waals surface area contributed by atoms with E-state index < -0.39 is 17.7 Å². The molecule has 182 valence electrons. The summed E-state index contributed by atoms with van der Waals surface area (Å²) in [5, 5.41) is 11.1. The van der Waals surface area contributed by atoms with Gasteiger partial charge in [-0.2, -0.15) is 0 Å². The molecule has 3 aromatic rings. The second-order valence-electron chi connectivity index (χ2n) is 8.37. The topological polar surface area (TPSA) is 89.2 Å². The number of Topliss-reactive ketones (excluding diaryl/α,β-unsaturated/α-hetero) is 1. The summed E-state index contributed by atoms with van der Waals surface area (Å²) in [4.78, 5) is 27.6. The zero-order valence-corrected chi connectivity index (χ0v) is 19.9. The molecule has 2 heterocycles. The zero-order chi connectivity index (χ0) is 24.8. The van der Waals surface area contributed by atoms with E-state index >= 15 is 0 Å². The lowest BCUT2D eigenvalue weighted by molar-refractivity contribution is -0.140. The van der Waals surface area contributed by atoms with Crippen molar-refractivity contribution in [2.24, 2.45) is 0 Å². The van der Waals surface area contributed by atoms with Gasteiger partial charge in [0.05, 0.1) is 25.6 Å². The number of methoxy groups -OCH3 is 1. The summed E-state index contributed by atoms with van der Waals surface area (Å²) in [6.45, 7) is 2.92. The third kappa shape index (κ3) is 5.24. The van der Waals surface area contributed by atoms with Crippen LogP contribution in [0.5, 0.6) is 11.5 Å². The van der Waals surface area contributed by atoms with Crippen molar-refractivity contribution in [3.05, 3.63) is 89.4 Å². The van der Waals surface area contributed by atoms with Crippen LogP contribution in [-0.2, 0) is 16.1 Å². The summed E-state index contributed by atoms with van der Waals surface area (Å²) in [6.07, 6.45) is 4.66. The SMILES string of the molecule is CCCCCOc1ccc(/C(O)=C2/C(=O)C(=O)N(Cc3ccc(OC)cc3)C2c2ccco2)cc1. The van der Waals surface area contributed by atoms with Crippen LogP contribution >= 0.6 is 0 Å². The molecule has 0 radical (unpaired) electrons. The maximum Gasteiger partial charge on any atom is 0.296 e. The van der Waals surface area contributed by atoms with Crippen molar-refractivity contribution in [1.82, 2.24) is 4.90 Å². The number of aliphatic hydroxyl groups is 1. The second-order valence-corrected chi connectivity index (χ2v) is 8.37. The number of likely N-dealkylation sites (tertiary alicyclic amines) is 1. The van der Waals surface area contributed by atoms with Crippen molar-refractivity contribution in [3.8, 4) is 11.5 Å². The van der Waals surface area contributed by atoms with Gasteiger partial charge >= 0.3 is 0 Å². The molecule has 7 nitrogen and oxygen atoms in total. The van der Waals surface area contributed by atoms with Gasteiger partial charge in [0.25, 0.3) is 11.7 Å². The molecule has 1 saturated heterocycles. The van der Waals surface area contributed by atoms with Crippen LogP contribution in [-0.4, -0.2) is 35.4 Å². The van der Waals surface area contributed by atoms with E-state index in [0.29, 0.717) is 29.4 Å². The molecule has 1 unspecified atom stereocenters. The first-order chi connectivity index (χ1) is 17.0. The maximum absolute atomic E-state index is 13.1. The summed E-state index contributed by atoms with van der Waals surface area (Å²) in [7, 11) is 1.58. The molecule has 0 spiro atoms. The minimum Gasteiger partial charge on any atom is -0.507 e. The number of benzene rings is 2. The van der Waals surface area contributed by atoms with Gasteiger partial charge in [-0.05, 0) is 60.5 Å². The highest BCUT2D eigenvalue weighted by atomic mass is 16.5. The van der Waals surface area contributed by atoms with E-state index in [1.807, 2.05) is 12.1 Å². The highest BCUT2D eigenvalue weighted by molar-refractivity contribution is 6.46. The minimum atomic E-state index is -0.850. The standard InChI is InChI=1S/C28H29NO6/c1-3-4-5-16-34-22-14-10-20(11-15-22)26(30)24-25(23-7-6-17-35-23)29(28(32)27(24)31)18-19-8-12-21(33-2)13-9-19/h6-15,17,25,30H,3-5,16,18H2,1-2H3/b26-24-. The summed E-state index contributed by atoms with van der Waals surface area (Å²) in [6, 6.07) is 16.6. The maximum atomic E-state index is 13.1. The molecule has 35 heavy (non-hydrogen) atoms. The van der Waals surface area contributed by atoms with Gasteiger partial charge in [-0.15, -0.1) is 0 Å². The second kappa shape index (κ2) is 11.0. The van der Waals surface area contributed by atoms with Crippen LogP contribution in [0.3, 0.4) is 0 Å². The lowest BCUT2D eigenvalue weighted by Crippen LogP contribution is -2.29. The van der Waals surface area contributed by atoms with Crippen LogP contribution in [0.2, 0.25) is 0 Å². The third-order valence-corrected chi connectivity index (χ3v) is 6.01. The Balaban J connectivity index is 1.64. The molecule has 2 aromatic carbocycles. The minimum absolute atomic E-state index is 0.00456. The van der Waals surface area contributed by atoms with Gasteiger partial charge < -0.3 is 23.9 Å². The van der Waals surface area contributed by atoms with E-state index in [0.717, 1.165) is 24.8 Å². The van der Waals surface area contributed by atoms with Crippen molar-refractivity contribution in [3.63, 3.8) is 0 Å². The molecule has 0 aliphatic carbocycles. The van der Waals surface area contributed by atoms with Crippen molar-refractivity contribution in [2.45, 2.75) is 38.8 Å². The van der Waals surface area contributed by atoms with Crippen molar-refractivity contribution >= 4 is 17.4 Å². The lowest BCUT2D eigenvalue weighted by atomic mass is 9.99. The van der Waals surface area contributed by atoms with Crippen LogP contribution < -0.4 is 9.47 Å². The van der Waals surface area contributed by atoms with Gasteiger partial charge in [-0.1, -0.05) is 31.9 Å². The molecule has 7 heteroatoms. The first kappa shape index (κ1) is 24.1. The van der Waals surface area contributed by atoms with Crippen LogP contribution in [0.4, 0.5) is 0 Å². The number of unbranched alkanes of at least 4 members (excludes halogenated alkanes) is 2. The number of nitrogens with zero attached hydrogens (tertiary/aromatic N) is 1. The number of furan rings is 1. The molecule has 1 aliphatic heterocycles. The van der Waals surface area contributed by atoms with E-state index in [2.05, 4.69) is 6.92 Å². The van der Waals surface area contributed by atoms with Crippen LogP contribution in [0.15, 0.2) is 76.9 Å². The number of carbonyl (C=O) groups excluding carboxylic acids is 2. The number of hydrogen-bond acceptors (Lipinski definition) is 6.